The Morgan fingerprint density at radius 2 is 2.05 bits per heavy atom. The lowest BCUT2D eigenvalue weighted by Crippen LogP contribution is -2.34. The molecule has 0 spiro atoms. The van der Waals surface area contributed by atoms with Gasteiger partial charge in [0.1, 0.15) is 0 Å². The molecule has 0 bridgehead atoms. The molecule has 0 aromatic heterocycles. The van der Waals surface area contributed by atoms with E-state index >= 15 is 0 Å². The molecule has 0 unspecified atom stereocenters. The number of hydrogen-bond donors (Lipinski definition) is 1. The maximum atomic E-state index is 12.2. The summed E-state index contributed by atoms with van der Waals surface area (Å²) >= 11 is 0. The highest BCUT2D eigenvalue weighted by atomic mass is 32.2. The molecule has 20 heavy (non-hydrogen) atoms. The van der Waals surface area contributed by atoms with Crippen molar-refractivity contribution in [3.63, 3.8) is 0 Å². The number of carbonyl (C=O) groups is 1. The van der Waals surface area contributed by atoms with Crippen molar-refractivity contribution in [2.24, 2.45) is 0 Å². The predicted molar refractivity (Wildman–Crippen MR) is 74.6 cm³/mol. The van der Waals surface area contributed by atoms with Gasteiger partial charge in [-0.15, -0.1) is 0 Å². The minimum Gasteiger partial charge on any atom is -0.338 e. The van der Waals surface area contributed by atoms with Gasteiger partial charge in [-0.05, 0) is 42.5 Å². The first-order valence-corrected chi connectivity index (χ1v) is 8.34. The molecule has 1 N–H and O–H groups in total. The van der Waals surface area contributed by atoms with Gasteiger partial charge in [-0.2, -0.15) is 0 Å². The van der Waals surface area contributed by atoms with E-state index in [1.54, 1.807) is 24.0 Å². The second-order valence-corrected chi connectivity index (χ2v) is 7.23. The van der Waals surface area contributed by atoms with Gasteiger partial charge in [0.2, 0.25) is 15.9 Å². The molecule has 1 saturated carbocycles. The van der Waals surface area contributed by atoms with Crippen LogP contribution in [0.25, 0.3) is 0 Å². The topological polar surface area (TPSA) is 66.5 Å². The lowest BCUT2D eigenvalue weighted by Gasteiger charge is -2.28. The van der Waals surface area contributed by atoms with E-state index in [0.29, 0.717) is 18.0 Å². The first-order chi connectivity index (χ1) is 9.45. The van der Waals surface area contributed by atoms with E-state index in [0.717, 1.165) is 30.4 Å². The Kier molecular flexibility index (Phi) is 3.30. The van der Waals surface area contributed by atoms with Gasteiger partial charge in [-0.3, -0.25) is 4.79 Å². The van der Waals surface area contributed by atoms with Crippen LogP contribution >= 0.6 is 0 Å². The minimum atomic E-state index is -3.42. The molecule has 1 fully saturated rings. The van der Waals surface area contributed by atoms with Crippen molar-refractivity contribution in [3.05, 3.63) is 29.3 Å². The van der Waals surface area contributed by atoms with Crippen LogP contribution in [0.15, 0.2) is 23.1 Å². The third-order valence-electron chi connectivity index (χ3n) is 3.84. The van der Waals surface area contributed by atoms with E-state index in [-0.39, 0.29) is 11.9 Å². The summed E-state index contributed by atoms with van der Waals surface area (Å²) in [4.78, 5) is 13.5. The third kappa shape index (κ3) is 2.71. The van der Waals surface area contributed by atoms with E-state index < -0.39 is 10.0 Å². The molecule has 6 heteroatoms. The minimum absolute atomic E-state index is 0.0278. The number of nitrogens with one attached hydrogen (secondary N) is 1. The normalized spacial score (nSPS) is 18.8. The van der Waals surface area contributed by atoms with Crippen LogP contribution in [0.3, 0.4) is 0 Å². The van der Waals surface area contributed by atoms with Crippen LogP contribution in [0.2, 0.25) is 0 Å². The number of sulfonamides is 1. The molecular formula is C14H18N2O3S. The van der Waals surface area contributed by atoms with Crippen LogP contribution in [-0.4, -0.2) is 31.8 Å². The Labute approximate surface area is 119 Å². The van der Waals surface area contributed by atoms with Crippen molar-refractivity contribution >= 4 is 15.9 Å². The molecule has 1 amide bonds. The summed E-state index contributed by atoms with van der Waals surface area (Å²) in [5.41, 5.74) is 2.07. The highest BCUT2D eigenvalue weighted by Crippen LogP contribution is 2.25. The molecule has 1 heterocycles. The standard InChI is InChI=1S/C14H18N2O3S/c1-10(17)16-7-6-11-2-5-14(8-12(11)9-16)20(18,19)15-13-3-4-13/h2,5,8,13,15H,3-4,6-7,9H2,1H3. The van der Waals surface area contributed by atoms with Gasteiger partial charge < -0.3 is 4.90 Å². The summed E-state index contributed by atoms with van der Waals surface area (Å²) in [6.45, 7) is 2.74. The number of rotatable bonds is 3. The zero-order valence-electron chi connectivity index (χ0n) is 11.4. The van der Waals surface area contributed by atoms with Gasteiger partial charge in [-0.1, -0.05) is 6.07 Å². The number of benzene rings is 1. The molecule has 1 aliphatic carbocycles. The van der Waals surface area contributed by atoms with Gasteiger partial charge in [0.05, 0.1) is 4.90 Å². The van der Waals surface area contributed by atoms with Crippen molar-refractivity contribution in [2.45, 2.75) is 43.7 Å². The highest BCUT2D eigenvalue weighted by Gasteiger charge is 2.28. The van der Waals surface area contributed by atoms with Crippen molar-refractivity contribution in [3.8, 4) is 0 Å². The SMILES string of the molecule is CC(=O)N1CCc2ccc(S(=O)(=O)NC3CC3)cc2C1. The van der Waals surface area contributed by atoms with Crippen molar-refractivity contribution in [2.75, 3.05) is 6.54 Å². The Morgan fingerprint density at radius 1 is 1.30 bits per heavy atom. The molecular weight excluding hydrogens is 276 g/mol. The molecule has 108 valence electrons. The number of fused-ring (bicyclic) bond motifs is 1. The van der Waals surface area contributed by atoms with Crippen molar-refractivity contribution in [1.29, 1.82) is 0 Å². The summed E-state index contributed by atoms with van der Waals surface area (Å²) in [5.74, 6) is 0.0278. The summed E-state index contributed by atoms with van der Waals surface area (Å²) in [6, 6.07) is 5.33. The van der Waals surface area contributed by atoms with E-state index in [2.05, 4.69) is 4.72 Å². The quantitative estimate of drug-likeness (QED) is 0.905. The summed E-state index contributed by atoms with van der Waals surface area (Å²) in [5, 5.41) is 0. The largest absolute Gasteiger partial charge is 0.338 e. The highest BCUT2D eigenvalue weighted by molar-refractivity contribution is 7.89. The molecule has 1 aliphatic heterocycles. The van der Waals surface area contributed by atoms with Gasteiger partial charge >= 0.3 is 0 Å². The molecule has 0 saturated heterocycles. The number of nitrogens with zero attached hydrogens (tertiary/aromatic N) is 1. The molecule has 3 rings (SSSR count). The average molecular weight is 294 g/mol. The molecule has 2 aliphatic rings. The first-order valence-electron chi connectivity index (χ1n) is 6.85. The monoisotopic (exact) mass is 294 g/mol. The summed E-state index contributed by atoms with van der Waals surface area (Å²) in [7, 11) is -3.42. The number of hydrogen-bond acceptors (Lipinski definition) is 3. The third-order valence-corrected chi connectivity index (χ3v) is 5.36. The predicted octanol–water partition coefficient (Wildman–Crippen LogP) is 1.03. The van der Waals surface area contributed by atoms with Crippen LogP contribution in [0, 0.1) is 0 Å². The van der Waals surface area contributed by atoms with Crippen LogP contribution in [0.5, 0.6) is 0 Å². The number of amides is 1. The maximum Gasteiger partial charge on any atom is 0.240 e. The second-order valence-electron chi connectivity index (χ2n) is 5.52. The Bertz CT molecular complexity index is 650. The van der Waals surface area contributed by atoms with Crippen molar-refractivity contribution in [1.82, 2.24) is 9.62 Å². The molecule has 5 nitrogen and oxygen atoms in total. The average Bonchev–Trinajstić information content (AvgIpc) is 3.20. The summed E-state index contributed by atoms with van der Waals surface area (Å²) < 4.78 is 27.1. The Hall–Kier alpha value is -1.40. The van der Waals surface area contributed by atoms with Gasteiger partial charge in [0, 0.05) is 26.1 Å². The van der Waals surface area contributed by atoms with Crippen LogP contribution < -0.4 is 4.72 Å². The molecule has 0 atom stereocenters. The molecule has 0 radical (unpaired) electrons. The Balaban J connectivity index is 1.88. The fourth-order valence-electron chi connectivity index (χ4n) is 2.46. The zero-order chi connectivity index (χ0) is 14.3. The number of carbonyl (C=O) groups excluding carboxylic acids is 1. The first kappa shape index (κ1) is 13.6. The van der Waals surface area contributed by atoms with E-state index in [1.165, 1.54) is 0 Å². The zero-order valence-corrected chi connectivity index (χ0v) is 12.2. The summed E-state index contributed by atoms with van der Waals surface area (Å²) in [6.07, 6.45) is 2.62. The van der Waals surface area contributed by atoms with Gasteiger partial charge in [0.15, 0.2) is 0 Å². The smallest absolute Gasteiger partial charge is 0.240 e. The fraction of sp³-hybridized carbons (Fsp3) is 0.500. The fourth-order valence-corrected chi connectivity index (χ4v) is 3.81. The van der Waals surface area contributed by atoms with Crippen LogP contribution in [0.4, 0.5) is 0 Å². The molecule has 1 aromatic rings. The van der Waals surface area contributed by atoms with Crippen LogP contribution in [-0.2, 0) is 27.8 Å². The van der Waals surface area contributed by atoms with Crippen LogP contribution in [0.1, 0.15) is 30.9 Å². The van der Waals surface area contributed by atoms with Crippen molar-refractivity contribution < 1.29 is 13.2 Å². The van der Waals surface area contributed by atoms with E-state index in [4.69, 9.17) is 0 Å². The van der Waals surface area contributed by atoms with Gasteiger partial charge in [-0.25, -0.2) is 13.1 Å². The molecule has 1 aromatic carbocycles. The van der Waals surface area contributed by atoms with E-state index in [1.807, 2.05) is 6.07 Å². The second kappa shape index (κ2) is 4.86. The maximum absolute atomic E-state index is 12.2. The lowest BCUT2D eigenvalue weighted by atomic mass is 10.00. The Morgan fingerprint density at radius 3 is 2.70 bits per heavy atom. The lowest BCUT2D eigenvalue weighted by molar-refractivity contribution is -0.129. The van der Waals surface area contributed by atoms with Gasteiger partial charge in [0.25, 0.3) is 0 Å². The van der Waals surface area contributed by atoms with E-state index in [9.17, 15) is 13.2 Å².